The number of rotatable bonds is 11. The highest BCUT2D eigenvalue weighted by atomic mass is 16.5. The summed E-state index contributed by atoms with van der Waals surface area (Å²) in [5, 5.41) is 3.04. The number of nitrogens with zero attached hydrogens (tertiary/aromatic N) is 2. The number of fused-ring (bicyclic) bond motifs is 1. The lowest BCUT2D eigenvalue weighted by Gasteiger charge is -2.15. The topological polar surface area (TPSA) is 115 Å². The van der Waals surface area contributed by atoms with Crippen LogP contribution in [0.3, 0.4) is 0 Å². The first-order valence-corrected chi connectivity index (χ1v) is 12.1. The molecule has 0 radical (unpaired) electrons. The Morgan fingerprint density at radius 2 is 1.80 bits per heavy atom. The van der Waals surface area contributed by atoms with Crippen molar-refractivity contribution in [1.82, 2.24) is 19.9 Å². The highest BCUT2D eigenvalue weighted by Gasteiger charge is 2.20. The van der Waals surface area contributed by atoms with E-state index in [1.165, 1.54) is 4.57 Å². The predicted molar refractivity (Wildman–Crippen MR) is 136 cm³/mol. The van der Waals surface area contributed by atoms with Crippen LogP contribution in [0.25, 0.3) is 11.0 Å². The number of aromatic amines is 1. The summed E-state index contributed by atoms with van der Waals surface area (Å²) in [5.41, 5.74) is 0.943. The first-order valence-electron chi connectivity index (χ1n) is 12.1. The van der Waals surface area contributed by atoms with E-state index < -0.39 is 11.2 Å². The molecule has 0 saturated heterocycles. The molecule has 0 atom stereocenters. The van der Waals surface area contributed by atoms with Gasteiger partial charge in [-0.15, -0.1) is 0 Å². The number of hydrogen-bond acceptors (Lipinski definition) is 6. The molecular weight excluding hydrogens is 448 g/mol. The molecule has 3 aromatic rings. The third-order valence-electron chi connectivity index (χ3n) is 5.56. The number of pyridine rings is 1. The van der Waals surface area contributed by atoms with Crippen LogP contribution in [-0.4, -0.2) is 40.2 Å². The molecule has 2 aromatic heterocycles. The van der Waals surface area contributed by atoms with Gasteiger partial charge >= 0.3 is 5.69 Å². The molecule has 0 bridgehead atoms. The van der Waals surface area contributed by atoms with Gasteiger partial charge in [-0.3, -0.25) is 19.1 Å². The number of nitrogens with one attached hydrogen (secondary N) is 2. The molecule has 35 heavy (non-hydrogen) atoms. The number of amides is 1. The molecule has 2 heterocycles. The van der Waals surface area contributed by atoms with E-state index in [2.05, 4.69) is 15.3 Å². The van der Waals surface area contributed by atoms with Crippen LogP contribution in [0.2, 0.25) is 0 Å². The molecule has 1 amide bonds. The fraction of sp³-hybridized carbons (Fsp3) is 0.462. The van der Waals surface area contributed by atoms with E-state index >= 15 is 0 Å². The fourth-order valence-electron chi connectivity index (χ4n) is 3.87. The van der Waals surface area contributed by atoms with Gasteiger partial charge in [-0.05, 0) is 56.4 Å². The predicted octanol–water partition coefficient (Wildman–Crippen LogP) is 3.39. The highest BCUT2D eigenvalue weighted by molar-refractivity contribution is 6.05. The van der Waals surface area contributed by atoms with Crippen LogP contribution in [0.15, 0.2) is 33.9 Å². The zero-order chi connectivity index (χ0) is 25.5. The number of aryl methyl sites for hydroxylation is 1. The largest absolute Gasteiger partial charge is 0.490 e. The lowest BCUT2D eigenvalue weighted by molar-refractivity contribution is 0.0955. The van der Waals surface area contributed by atoms with E-state index in [-0.39, 0.29) is 28.4 Å². The second-order valence-corrected chi connectivity index (χ2v) is 8.51. The lowest BCUT2D eigenvalue weighted by Crippen LogP contribution is -2.34. The van der Waals surface area contributed by atoms with Gasteiger partial charge in [0.1, 0.15) is 0 Å². The summed E-state index contributed by atoms with van der Waals surface area (Å²) in [7, 11) is 0. The lowest BCUT2D eigenvalue weighted by atomic mass is 10.0. The van der Waals surface area contributed by atoms with E-state index in [1.54, 1.807) is 6.07 Å². The van der Waals surface area contributed by atoms with E-state index in [0.29, 0.717) is 56.3 Å². The molecule has 0 spiro atoms. The van der Waals surface area contributed by atoms with Crippen molar-refractivity contribution in [2.75, 3.05) is 19.8 Å². The summed E-state index contributed by atoms with van der Waals surface area (Å²) in [6.45, 7) is 11.5. The molecule has 0 aliphatic carbocycles. The zero-order valence-corrected chi connectivity index (χ0v) is 21.1. The maximum atomic E-state index is 13.2. The molecule has 0 unspecified atom stereocenters. The molecule has 1 aromatic carbocycles. The minimum atomic E-state index is -0.613. The number of H-pyrrole nitrogens is 1. The van der Waals surface area contributed by atoms with Crippen molar-refractivity contribution >= 4 is 16.9 Å². The molecule has 0 aliphatic rings. The quantitative estimate of drug-likeness (QED) is 0.433. The van der Waals surface area contributed by atoms with Crippen molar-refractivity contribution in [3.05, 3.63) is 61.9 Å². The van der Waals surface area contributed by atoms with Crippen molar-refractivity contribution in [3.63, 3.8) is 0 Å². The summed E-state index contributed by atoms with van der Waals surface area (Å²) in [6.07, 6.45) is 1.25. The molecule has 188 valence electrons. The van der Waals surface area contributed by atoms with Crippen LogP contribution in [0.4, 0.5) is 0 Å². The van der Waals surface area contributed by atoms with Crippen LogP contribution in [0.1, 0.15) is 68.6 Å². The Kier molecular flexibility index (Phi) is 8.68. The van der Waals surface area contributed by atoms with Crippen molar-refractivity contribution in [2.45, 2.75) is 59.9 Å². The Hall–Kier alpha value is -3.62. The van der Waals surface area contributed by atoms with Gasteiger partial charge in [-0.2, -0.15) is 0 Å². The second kappa shape index (κ2) is 11.7. The normalized spacial score (nSPS) is 11.1. The van der Waals surface area contributed by atoms with Crippen LogP contribution in [0, 0.1) is 0 Å². The number of ether oxygens (including phenoxy) is 2. The third kappa shape index (κ3) is 5.90. The standard InChI is InChI=1S/C26H34N4O5/c1-6-13-30-23-22(25(32)29-26(30)33)18(15-19(28-23)16(4)5)24(31)27-12-11-17-9-10-20(34-7-2)21(14-17)35-8-3/h9-10,14-16H,6-8,11-13H2,1-5H3,(H,27,31)(H,29,32,33). The first kappa shape index (κ1) is 26.0. The van der Waals surface area contributed by atoms with Gasteiger partial charge in [-0.25, -0.2) is 9.78 Å². The number of aromatic nitrogens is 3. The van der Waals surface area contributed by atoms with Crippen molar-refractivity contribution in [2.24, 2.45) is 0 Å². The molecular formula is C26H34N4O5. The van der Waals surface area contributed by atoms with Crippen molar-refractivity contribution in [1.29, 1.82) is 0 Å². The number of carbonyl (C=O) groups excluding carboxylic acids is 1. The Morgan fingerprint density at radius 3 is 2.46 bits per heavy atom. The number of benzene rings is 1. The van der Waals surface area contributed by atoms with Gasteiger partial charge in [0.05, 0.1) is 24.2 Å². The molecule has 9 heteroatoms. The molecule has 0 fully saturated rings. The monoisotopic (exact) mass is 482 g/mol. The average molecular weight is 483 g/mol. The molecule has 2 N–H and O–H groups in total. The van der Waals surface area contributed by atoms with Crippen LogP contribution in [0.5, 0.6) is 11.5 Å². The number of carbonyl (C=O) groups is 1. The Morgan fingerprint density at radius 1 is 1.09 bits per heavy atom. The van der Waals surface area contributed by atoms with E-state index in [1.807, 2.05) is 52.8 Å². The van der Waals surface area contributed by atoms with Crippen molar-refractivity contribution in [3.8, 4) is 11.5 Å². The van der Waals surface area contributed by atoms with Crippen LogP contribution >= 0.6 is 0 Å². The Bertz CT molecular complexity index is 1310. The average Bonchev–Trinajstić information content (AvgIpc) is 2.82. The minimum Gasteiger partial charge on any atom is -0.490 e. The van der Waals surface area contributed by atoms with Gasteiger partial charge in [-0.1, -0.05) is 26.8 Å². The van der Waals surface area contributed by atoms with E-state index in [4.69, 9.17) is 9.47 Å². The van der Waals surface area contributed by atoms with Crippen molar-refractivity contribution < 1.29 is 14.3 Å². The summed E-state index contributed by atoms with van der Waals surface area (Å²) in [4.78, 5) is 45.3. The van der Waals surface area contributed by atoms with Gasteiger partial charge in [0.15, 0.2) is 17.1 Å². The SMILES string of the molecule is CCCn1c(=O)[nH]c(=O)c2c(C(=O)NCCc3ccc(OCC)c(OCC)c3)cc(C(C)C)nc21. The Balaban J connectivity index is 1.90. The minimum absolute atomic E-state index is 0.0104. The summed E-state index contributed by atoms with van der Waals surface area (Å²) >= 11 is 0. The Labute approximate surface area is 204 Å². The highest BCUT2D eigenvalue weighted by Crippen LogP contribution is 2.28. The molecule has 3 rings (SSSR count). The third-order valence-corrected chi connectivity index (χ3v) is 5.56. The smallest absolute Gasteiger partial charge is 0.329 e. The second-order valence-electron chi connectivity index (χ2n) is 8.51. The number of hydrogen-bond donors (Lipinski definition) is 2. The van der Waals surface area contributed by atoms with E-state index in [9.17, 15) is 14.4 Å². The summed E-state index contributed by atoms with van der Waals surface area (Å²) in [5.74, 6) is 0.975. The maximum Gasteiger partial charge on any atom is 0.329 e. The molecule has 0 saturated carbocycles. The van der Waals surface area contributed by atoms with Crippen LogP contribution < -0.4 is 26.0 Å². The fourth-order valence-corrected chi connectivity index (χ4v) is 3.87. The maximum absolute atomic E-state index is 13.2. The van der Waals surface area contributed by atoms with Gasteiger partial charge in [0.2, 0.25) is 0 Å². The van der Waals surface area contributed by atoms with Gasteiger partial charge in [0.25, 0.3) is 11.5 Å². The summed E-state index contributed by atoms with van der Waals surface area (Å²) in [6, 6.07) is 7.35. The van der Waals surface area contributed by atoms with Crippen LogP contribution in [-0.2, 0) is 13.0 Å². The molecule has 0 aliphatic heterocycles. The zero-order valence-electron chi connectivity index (χ0n) is 21.1. The summed E-state index contributed by atoms with van der Waals surface area (Å²) < 4.78 is 12.7. The van der Waals surface area contributed by atoms with E-state index in [0.717, 1.165) is 5.56 Å². The first-order chi connectivity index (χ1) is 16.8. The van der Waals surface area contributed by atoms with Gasteiger partial charge in [0, 0.05) is 18.8 Å². The molecule has 9 nitrogen and oxygen atoms in total. The van der Waals surface area contributed by atoms with Gasteiger partial charge < -0.3 is 14.8 Å².